The molecular weight excluding hydrogens is 676 g/mol. The number of carbonyl (C=O) groups is 5. The molecule has 18 heteroatoms. The van der Waals surface area contributed by atoms with Crippen molar-refractivity contribution in [3.05, 3.63) is 74.7 Å². The number of rotatable bonds is 12. The first-order chi connectivity index (χ1) is 22.2. The minimum absolute atomic E-state index is 0.0573. The molecule has 0 saturated heterocycles. The Balaban J connectivity index is 1.39. The van der Waals surface area contributed by atoms with Crippen molar-refractivity contribution in [1.29, 1.82) is 5.41 Å². The summed E-state index contributed by atoms with van der Waals surface area (Å²) in [5, 5.41) is 27.3. The Morgan fingerprint density at radius 1 is 0.745 bits per heavy atom. The molecular formula is C29H33BrN12O5. The van der Waals surface area contributed by atoms with E-state index in [-0.39, 0.29) is 51.9 Å². The second-order valence-electron chi connectivity index (χ2n) is 10.4. The first-order valence-corrected chi connectivity index (χ1v) is 14.8. The van der Waals surface area contributed by atoms with Crippen LogP contribution in [0.2, 0.25) is 0 Å². The van der Waals surface area contributed by atoms with Crippen LogP contribution in [-0.4, -0.2) is 67.1 Å². The summed E-state index contributed by atoms with van der Waals surface area (Å²) in [6.45, 7) is 10.3. The van der Waals surface area contributed by atoms with Gasteiger partial charge in [-0.2, -0.15) is 5.10 Å². The molecule has 4 aromatic rings. The van der Waals surface area contributed by atoms with Crippen LogP contribution in [0.5, 0.6) is 0 Å². The largest absolute Gasteiger partial charge is 0.388 e. The molecule has 4 rings (SSSR count). The highest BCUT2D eigenvalue weighted by atomic mass is 79.9. The summed E-state index contributed by atoms with van der Waals surface area (Å²) in [6.07, 6.45) is 4.62. The fourth-order valence-electron chi connectivity index (χ4n) is 4.45. The van der Waals surface area contributed by atoms with Crippen LogP contribution < -0.4 is 32.3 Å². The molecule has 0 bridgehead atoms. The van der Waals surface area contributed by atoms with Gasteiger partial charge in [0.15, 0.2) is 5.82 Å². The maximum absolute atomic E-state index is 13.2. The quantitative estimate of drug-likeness (QED) is 0.0593. The summed E-state index contributed by atoms with van der Waals surface area (Å²) in [7, 11) is 0. The zero-order valence-corrected chi connectivity index (χ0v) is 27.4. The van der Waals surface area contributed by atoms with Gasteiger partial charge in [0, 0.05) is 53.8 Å². The van der Waals surface area contributed by atoms with Gasteiger partial charge in [-0.1, -0.05) is 6.58 Å². The topological polar surface area (TPSA) is 271 Å². The van der Waals surface area contributed by atoms with E-state index in [2.05, 4.69) is 74.2 Å². The van der Waals surface area contributed by atoms with Crippen LogP contribution in [0.4, 0.5) is 22.9 Å². The second-order valence-corrected chi connectivity index (χ2v) is 11.4. The Morgan fingerprint density at radius 2 is 1.19 bits per heavy atom. The van der Waals surface area contributed by atoms with E-state index < -0.39 is 29.5 Å². The molecule has 12 N–H and O–H groups in total. The molecule has 0 atom stereocenters. The van der Waals surface area contributed by atoms with E-state index in [4.69, 9.17) is 11.1 Å². The lowest BCUT2D eigenvalue weighted by Gasteiger charge is -2.07. The maximum Gasteiger partial charge on any atom is 0.273 e. The third-order valence-corrected chi connectivity index (χ3v) is 7.60. The molecule has 0 spiro atoms. The van der Waals surface area contributed by atoms with E-state index >= 15 is 0 Å². The standard InChI is InChI=1S/C29H33BrN12O5/c1-11-16(37-25(43)15(5)30)8-34-20(11)27(45)38-17-9-35-21(12(17)2)28(46)39-18-10-36-22(13(18)3)29(47)40-24-14(4)23(41-42-24)26(44)33-7-6-19(31)32/h8-10,34-36H,5-7H2,1-4H3,(H3,31,32)(H,33,44)(H,37,43)(H,38,45)(H,39,46)(H2,40,41,42,47). The SMILES string of the molecule is C=C(Br)C(=O)Nc1c[nH]c(C(=O)Nc2c[nH]c(C(=O)Nc3c[nH]c(C(=O)Nc4n[nH]c(C(=O)NCCC(=N)N)c4C)c3C)c2C)c1C. The predicted octanol–water partition coefficient (Wildman–Crippen LogP) is 3.29. The molecule has 0 radical (unpaired) electrons. The van der Waals surface area contributed by atoms with E-state index in [9.17, 15) is 24.0 Å². The second kappa shape index (κ2) is 14.0. The normalized spacial score (nSPS) is 10.7. The number of hydrogen-bond acceptors (Lipinski definition) is 7. The molecule has 0 aliphatic carbocycles. The Morgan fingerprint density at radius 3 is 1.64 bits per heavy atom. The highest BCUT2D eigenvalue weighted by Crippen LogP contribution is 2.26. The van der Waals surface area contributed by atoms with Crippen LogP contribution in [-0.2, 0) is 4.79 Å². The lowest BCUT2D eigenvalue weighted by atomic mass is 10.2. The fourth-order valence-corrected chi connectivity index (χ4v) is 4.55. The summed E-state index contributed by atoms with van der Waals surface area (Å²) in [4.78, 5) is 72.1. The van der Waals surface area contributed by atoms with Crippen molar-refractivity contribution in [2.45, 2.75) is 34.1 Å². The molecule has 0 saturated carbocycles. The summed E-state index contributed by atoms with van der Waals surface area (Å²) in [6, 6.07) is 0. The lowest BCUT2D eigenvalue weighted by Crippen LogP contribution is -2.28. The lowest BCUT2D eigenvalue weighted by molar-refractivity contribution is -0.112. The molecule has 0 fully saturated rings. The number of nitrogens with zero attached hydrogens (tertiary/aromatic N) is 1. The summed E-state index contributed by atoms with van der Waals surface area (Å²) < 4.78 is 0.136. The van der Waals surface area contributed by atoms with E-state index in [0.29, 0.717) is 39.3 Å². The van der Waals surface area contributed by atoms with E-state index in [1.54, 1.807) is 27.7 Å². The Labute approximate surface area is 275 Å². The van der Waals surface area contributed by atoms with Crippen LogP contribution in [0.15, 0.2) is 29.7 Å². The van der Waals surface area contributed by atoms with Crippen LogP contribution >= 0.6 is 15.9 Å². The van der Waals surface area contributed by atoms with Gasteiger partial charge in [0.25, 0.3) is 29.5 Å². The number of aromatic amines is 4. The monoisotopic (exact) mass is 708 g/mol. The van der Waals surface area contributed by atoms with Crippen molar-refractivity contribution in [3.8, 4) is 0 Å². The molecule has 17 nitrogen and oxygen atoms in total. The van der Waals surface area contributed by atoms with Crippen molar-refractivity contribution in [2.24, 2.45) is 5.73 Å². The zero-order valence-electron chi connectivity index (χ0n) is 25.8. The van der Waals surface area contributed by atoms with Crippen molar-refractivity contribution < 1.29 is 24.0 Å². The number of nitrogens with one attached hydrogen (secondary N) is 10. The number of halogens is 1. The number of aromatic nitrogens is 5. The summed E-state index contributed by atoms with van der Waals surface area (Å²) >= 11 is 3.01. The molecule has 4 heterocycles. The van der Waals surface area contributed by atoms with Gasteiger partial charge in [0.1, 0.15) is 22.8 Å². The number of carbonyl (C=O) groups excluding carboxylic acids is 5. The maximum atomic E-state index is 13.2. The predicted molar refractivity (Wildman–Crippen MR) is 179 cm³/mol. The Hall–Kier alpha value is -5.91. The molecule has 0 unspecified atom stereocenters. The van der Waals surface area contributed by atoms with Crippen molar-refractivity contribution in [3.63, 3.8) is 0 Å². The highest BCUT2D eigenvalue weighted by molar-refractivity contribution is 9.12. The van der Waals surface area contributed by atoms with Gasteiger partial charge in [0.2, 0.25) is 0 Å². The number of nitrogens with two attached hydrogens (primary N) is 1. The van der Waals surface area contributed by atoms with Gasteiger partial charge in [-0.25, -0.2) is 0 Å². The molecule has 4 aromatic heterocycles. The van der Waals surface area contributed by atoms with Gasteiger partial charge < -0.3 is 47.3 Å². The first-order valence-electron chi connectivity index (χ1n) is 14.0. The van der Waals surface area contributed by atoms with Crippen LogP contribution in [0.25, 0.3) is 0 Å². The van der Waals surface area contributed by atoms with Crippen LogP contribution in [0, 0.1) is 33.1 Å². The number of hydrogen-bond donors (Lipinski definition) is 11. The number of anilines is 4. The Kier molecular flexibility index (Phi) is 10.1. The third kappa shape index (κ3) is 7.50. The van der Waals surface area contributed by atoms with Crippen molar-refractivity contribution in [1.82, 2.24) is 30.5 Å². The van der Waals surface area contributed by atoms with Crippen LogP contribution in [0.3, 0.4) is 0 Å². The minimum Gasteiger partial charge on any atom is -0.388 e. The van der Waals surface area contributed by atoms with E-state index in [0.717, 1.165) is 0 Å². The molecule has 0 aliphatic rings. The Bertz CT molecular complexity index is 1930. The number of H-pyrrole nitrogens is 4. The van der Waals surface area contributed by atoms with E-state index in [1.807, 2.05) is 0 Å². The number of amides is 5. The third-order valence-electron chi connectivity index (χ3n) is 7.24. The molecule has 47 heavy (non-hydrogen) atoms. The fraction of sp³-hybridized carbons (Fsp3) is 0.207. The van der Waals surface area contributed by atoms with Gasteiger partial charge in [-0.3, -0.25) is 34.5 Å². The minimum atomic E-state index is -0.554. The highest BCUT2D eigenvalue weighted by Gasteiger charge is 2.23. The summed E-state index contributed by atoms with van der Waals surface area (Å²) in [5.74, 6) is -2.39. The first kappa shape index (κ1) is 34.0. The average molecular weight is 710 g/mol. The molecule has 0 aliphatic heterocycles. The van der Waals surface area contributed by atoms with Gasteiger partial charge in [-0.05, 0) is 43.6 Å². The van der Waals surface area contributed by atoms with Gasteiger partial charge in [-0.15, -0.1) is 0 Å². The van der Waals surface area contributed by atoms with Gasteiger partial charge in [0.05, 0.1) is 27.4 Å². The number of amidine groups is 1. The van der Waals surface area contributed by atoms with Gasteiger partial charge >= 0.3 is 0 Å². The zero-order chi connectivity index (χ0) is 34.6. The van der Waals surface area contributed by atoms with Crippen molar-refractivity contribution >= 4 is 74.2 Å². The molecule has 0 aromatic carbocycles. The van der Waals surface area contributed by atoms with Crippen LogP contribution in [0.1, 0.15) is 70.6 Å². The molecule has 246 valence electrons. The average Bonchev–Trinajstić information content (AvgIpc) is 3.76. The van der Waals surface area contributed by atoms with E-state index in [1.165, 1.54) is 18.6 Å². The summed E-state index contributed by atoms with van der Waals surface area (Å²) in [5.41, 5.74) is 8.94. The van der Waals surface area contributed by atoms with Crippen molar-refractivity contribution in [2.75, 3.05) is 27.8 Å². The molecule has 5 amide bonds. The smallest absolute Gasteiger partial charge is 0.273 e.